The summed E-state index contributed by atoms with van der Waals surface area (Å²) in [6.45, 7) is 0.0489. The quantitative estimate of drug-likeness (QED) is 0.403. The van der Waals surface area contributed by atoms with Crippen molar-refractivity contribution < 1.29 is 32.2 Å². The number of cyclic esters (lactones) is 1. The van der Waals surface area contributed by atoms with Gasteiger partial charge in [0.05, 0.1) is 28.1 Å². The van der Waals surface area contributed by atoms with Crippen LogP contribution < -0.4 is 14.8 Å². The lowest BCUT2D eigenvalue weighted by Crippen LogP contribution is -2.21. The molecule has 4 aromatic rings. The number of rotatable bonds is 3. The number of hydrogen-bond acceptors (Lipinski definition) is 6. The molecule has 3 atom stereocenters. The second-order valence-corrected chi connectivity index (χ2v) is 8.62. The highest BCUT2D eigenvalue weighted by Gasteiger charge is 2.61. The first kappa shape index (κ1) is 20.1. The number of benzene rings is 2. The van der Waals surface area contributed by atoms with Crippen molar-refractivity contribution in [3.05, 3.63) is 71.2 Å². The predicted octanol–water partition coefficient (Wildman–Crippen LogP) is 5.47. The Balaban J connectivity index is 1.16. The Morgan fingerprint density at radius 2 is 1.97 bits per heavy atom. The van der Waals surface area contributed by atoms with Crippen molar-refractivity contribution in [1.29, 1.82) is 0 Å². The number of halogens is 3. The van der Waals surface area contributed by atoms with E-state index in [1.807, 2.05) is 12.1 Å². The molecular formula is C24H15F3N4O4. The molecule has 2 N–H and O–H groups in total. The lowest BCUT2D eigenvalue weighted by Gasteiger charge is -2.19. The number of fused-ring (bicyclic) bond motifs is 5. The molecule has 7 rings (SSSR count). The van der Waals surface area contributed by atoms with Gasteiger partial charge in [-0.15, -0.1) is 0 Å². The molecule has 2 aromatic carbocycles. The zero-order valence-electron chi connectivity index (χ0n) is 17.7. The van der Waals surface area contributed by atoms with Crippen LogP contribution in [0.3, 0.4) is 0 Å². The number of nitrogens with zero attached hydrogens (tertiary/aromatic N) is 2. The first-order chi connectivity index (χ1) is 16.8. The summed E-state index contributed by atoms with van der Waals surface area (Å²) in [7, 11) is 0. The van der Waals surface area contributed by atoms with Crippen molar-refractivity contribution in [3.8, 4) is 17.2 Å². The number of imidazole rings is 1. The largest absolute Gasteiger partial charge is 0.489 e. The fourth-order valence-electron chi connectivity index (χ4n) is 4.81. The number of aromatic nitrogens is 3. The molecule has 2 aliphatic heterocycles. The van der Waals surface area contributed by atoms with E-state index in [9.17, 15) is 18.0 Å². The van der Waals surface area contributed by atoms with Gasteiger partial charge in [-0.3, -0.25) is 5.32 Å². The molecule has 0 radical (unpaired) electrons. The van der Waals surface area contributed by atoms with Crippen molar-refractivity contribution in [2.45, 2.75) is 30.7 Å². The van der Waals surface area contributed by atoms with Crippen LogP contribution in [0.25, 0.3) is 11.0 Å². The Kier molecular flexibility index (Phi) is 3.95. The summed E-state index contributed by atoms with van der Waals surface area (Å²) >= 11 is 0. The first-order valence-corrected chi connectivity index (χ1v) is 10.8. The minimum Gasteiger partial charge on any atom is -0.489 e. The summed E-state index contributed by atoms with van der Waals surface area (Å²) in [6.07, 6.45) is -3.59. The molecule has 3 unspecified atom stereocenters. The number of alkyl halides is 3. The molecule has 1 saturated carbocycles. The summed E-state index contributed by atoms with van der Waals surface area (Å²) < 4.78 is 56.3. The molecule has 176 valence electrons. The van der Waals surface area contributed by atoms with Gasteiger partial charge in [-0.05, 0) is 42.5 Å². The molecular weight excluding hydrogens is 465 g/mol. The monoisotopic (exact) mass is 480 g/mol. The Hall–Kier alpha value is -4.28. The van der Waals surface area contributed by atoms with Gasteiger partial charge in [0.2, 0.25) is 0 Å². The minimum absolute atomic E-state index is 0.0187. The maximum atomic E-state index is 13.1. The van der Waals surface area contributed by atoms with Gasteiger partial charge < -0.3 is 19.2 Å². The molecule has 0 bridgehead atoms. The number of hydrogen-bond donors (Lipinski definition) is 2. The molecule has 2 aromatic heterocycles. The van der Waals surface area contributed by atoms with E-state index >= 15 is 0 Å². The number of carbonyl (C=O) groups excluding carboxylic acids is 1. The Morgan fingerprint density at radius 1 is 1.09 bits per heavy atom. The average molecular weight is 480 g/mol. The number of ether oxygens (including phenoxy) is 3. The highest BCUT2D eigenvalue weighted by Crippen LogP contribution is 2.63. The van der Waals surface area contributed by atoms with Gasteiger partial charge in [-0.1, -0.05) is 0 Å². The second kappa shape index (κ2) is 6.87. The van der Waals surface area contributed by atoms with Crippen molar-refractivity contribution in [3.63, 3.8) is 0 Å². The molecule has 1 fully saturated rings. The number of nitrogens with one attached hydrogen (secondary N) is 2. The highest BCUT2D eigenvalue weighted by atomic mass is 19.4. The van der Waals surface area contributed by atoms with E-state index in [0.29, 0.717) is 39.7 Å². The van der Waals surface area contributed by atoms with Gasteiger partial charge in [0.15, 0.2) is 0 Å². The number of aromatic amines is 1. The van der Waals surface area contributed by atoms with Crippen LogP contribution in [0, 0.1) is 0 Å². The van der Waals surface area contributed by atoms with Crippen molar-refractivity contribution >= 4 is 22.9 Å². The molecule has 35 heavy (non-hydrogen) atoms. The van der Waals surface area contributed by atoms with Gasteiger partial charge in [-0.25, -0.2) is 14.8 Å². The van der Waals surface area contributed by atoms with Crippen molar-refractivity contribution in [2.75, 3.05) is 5.32 Å². The summed E-state index contributed by atoms with van der Waals surface area (Å²) in [4.78, 5) is 23.1. The normalized spacial score (nSPS) is 21.9. The maximum Gasteiger partial charge on any atom is 0.416 e. The SMILES string of the molecule is O=C1Nc2nccc(Oc3ccc4c(c3)C3C(O4)C3c3nc4ccc(C(F)(F)F)cc4[nH]3)c2CO1. The number of amides is 1. The third kappa shape index (κ3) is 3.18. The van der Waals surface area contributed by atoms with Crippen molar-refractivity contribution in [1.82, 2.24) is 15.0 Å². The van der Waals surface area contributed by atoms with Crippen LogP contribution in [-0.4, -0.2) is 27.1 Å². The predicted molar refractivity (Wildman–Crippen MR) is 116 cm³/mol. The molecule has 11 heteroatoms. The van der Waals surface area contributed by atoms with E-state index in [2.05, 4.69) is 20.3 Å². The van der Waals surface area contributed by atoms with E-state index in [4.69, 9.17) is 14.2 Å². The van der Waals surface area contributed by atoms with E-state index < -0.39 is 17.8 Å². The fourth-order valence-corrected chi connectivity index (χ4v) is 4.81. The van der Waals surface area contributed by atoms with Crippen LogP contribution in [0.4, 0.5) is 23.8 Å². The van der Waals surface area contributed by atoms with Crippen LogP contribution in [-0.2, 0) is 17.5 Å². The van der Waals surface area contributed by atoms with Crippen molar-refractivity contribution in [2.24, 2.45) is 0 Å². The first-order valence-electron chi connectivity index (χ1n) is 10.8. The van der Waals surface area contributed by atoms with Gasteiger partial charge in [0.25, 0.3) is 0 Å². The zero-order chi connectivity index (χ0) is 23.9. The number of anilines is 1. The van der Waals surface area contributed by atoms with Crippen LogP contribution in [0.2, 0.25) is 0 Å². The number of pyridine rings is 1. The van der Waals surface area contributed by atoms with E-state index in [1.165, 1.54) is 12.3 Å². The van der Waals surface area contributed by atoms with Crippen LogP contribution in [0.1, 0.15) is 34.4 Å². The lowest BCUT2D eigenvalue weighted by molar-refractivity contribution is -0.137. The molecule has 4 heterocycles. The lowest BCUT2D eigenvalue weighted by atomic mass is 10.1. The highest BCUT2D eigenvalue weighted by molar-refractivity contribution is 5.86. The smallest absolute Gasteiger partial charge is 0.416 e. The number of H-pyrrole nitrogens is 1. The number of carbonyl (C=O) groups is 1. The Morgan fingerprint density at radius 3 is 2.83 bits per heavy atom. The third-order valence-electron chi connectivity index (χ3n) is 6.51. The standard InChI is InChI=1S/C24H15F3N4O4/c25-24(26,27)10-1-3-14-15(7-10)30-22(29-14)19-18-12-8-11(2-4-16(12)35-20(18)19)34-17-5-6-28-21-13(17)9-33-23(32)31-21/h1-8,18-20H,9H2,(H,29,30)(H,28,31,32). The van der Waals surface area contributed by atoms with Crippen LogP contribution in [0.15, 0.2) is 48.7 Å². The topological polar surface area (TPSA) is 98.4 Å². The van der Waals surface area contributed by atoms with Gasteiger partial charge >= 0.3 is 12.3 Å². The zero-order valence-corrected chi connectivity index (χ0v) is 17.7. The molecule has 0 saturated heterocycles. The van der Waals surface area contributed by atoms with Crippen LogP contribution >= 0.6 is 0 Å². The van der Waals surface area contributed by atoms with E-state index in [1.54, 1.807) is 12.1 Å². The fraction of sp³-hybridized carbons (Fsp3) is 0.208. The second-order valence-electron chi connectivity index (χ2n) is 8.62. The summed E-state index contributed by atoms with van der Waals surface area (Å²) in [5, 5.41) is 2.54. The van der Waals surface area contributed by atoms with Crippen LogP contribution in [0.5, 0.6) is 17.2 Å². The van der Waals surface area contributed by atoms with E-state index in [0.717, 1.165) is 23.4 Å². The molecule has 1 amide bonds. The van der Waals surface area contributed by atoms with Gasteiger partial charge in [0.1, 0.15) is 41.6 Å². The molecule has 3 aliphatic rings. The van der Waals surface area contributed by atoms with E-state index in [-0.39, 0.29) is 24.5 Å². The molecule has 1 aliphatic carbocycles. The molecule has 8 nitrogen and oxygen atoms in total. The third-order valence-corrected chi connectivity index (χ3v) is 6.51. The summed E-state index contributed by atoms with van der Waals surface area (Å²) in [5.41, 5.74) is 1.68. The summed E-state index contributed by atoms with van der Waals surface area (Å²) in [5.74, 6) is 2.75. The molecule has 0 spiro atoms. The Bertz CT molecular complexity index is 1530. The average Bonchev–Trinajstić information content (AvgIpc) is 3.18. The Labute approximate surface area is 195 Å². The van der Waals surface area contributed by atoms with Gasteiger partial charge in [-0.2, -0.15) is 13.2 Å². The maximum absolute atomic E-state index is 13.1. The summed E-state index contributed by atoms with van der Waals surface area (Å²) in [6, 6.07) is 10.7. The van der Waals surface area contributed by atoms with Gasteiger partial charge in [0, 0.05) is 17.7 Å². The minimum atomic E-state index is -4.42.